The Bertz CT molecular complexity index is 1040. The average Bonchev–Trinajstić information content (AvgIpc) is 3.19. The van der Waals surface area contributed by atoms with E-state index in [0.717, 1.165) is 33.4 Å². The van der Waals surface area contributed by atoms with Crippen LogP contribution in [-0.2, 0) is 12.2 Å². The van der Waals surface area contributed by atoms with Crippen molar-refractivity contribution in [3.05, 3.63) is 83.7 Å². The second kappa shape index (κ2) is 10.7. The molecule has 0 saturated heterocycles. The third-order valence-electron chi connectivity index (χ3n) is 5.01. The Morgan fingerprint density at radius 3 is 2.63 bits per heavy atom. The molecule has 4 rings (SSSR count). The number of hydrogen-bond donors (Lipinski definition) is 1. The number of thioether (sulfide) groups is 2. The first-order valence-electron chi connectivity index (χ1n) is 10.5. The lowest BCUT2D eigenvalue weighted by molar-refractivity contribution is 0.722. The molecule has 3 nitrogen and oxygen atoms in total. The smallest absolute Gasteiger partial charge is 0.166 e. The highest BCUT2D eigenvalue weighted by molar-refractivity contribution is 7.99. The fourth-order valence-electron chi connectivity index (χ4n) is 3.32. The Labute approximate surface area is 187 Å². The van der Waals surface area contributed by atoms with Crippen LogP contribution in [0, 0.1) is 6.92 Å². The van der Waals surface area contributed by atoms with E-state index < -0.39 is 0 Å². The third-order valence-corrected chi connectivity index (χ3v) is 7.00. The average molecular weight is 434 g/mol. The van der Waals surface area contributed by atoms with Crippen LogP contribution in [-0.4, -0.2) is 20.7 Å². The number of nitrogens with one attached hydrogen (secondary N) is 1. The minimum Gasteiger partial charge on any atom is -0.333 e. The first-order valence-corrected chi connectivity index (χ1v) is 12.4. The van der Waals surface area contributed by atoms with Crippen LogP contribution in [0.4, 0.5) is 0 Å². The summed E-state index contributed by atoms with van der Waals surface area (Å²) in [4.78, 5) is 13.8. The Balaban J connectivity index is 1.18. The van der Waals surface area contributed by atoms with Crippen LogP contribution < -0.4 is 0 Å². The van der Waals surface area contributed by atoms with Gasteiger partial charge in [0.15, 0.2) is 5.16 Å². The fraction of sp³-hybridized carbons (Fsp3) is 0.280. The van der Waals surface area contributed by atoms with Crippen molar-refractivity contribution in [1.82, 2.24) is 15.0 Å². The molecular weight excluding hydrogens is 406 g/mol. The van der Waals surface area contributed by atoms with Crippen LogP contribution in [0.5, 0.6) is 0 Å². The van der Waals surface area contributed by atoms with E-state index in [9.17, 15) is 0 Å². The number of H-pyrrole nitrogens is 1. The van der Waals surface area contributed by atoms with E-state index in [2.05, 4.69) is 64.3 Å². The van der Waals surface area contributed by atoms with Gasteiger partial charge in [-0.3, -0.25) is 4.98 Å². The van der Waals surface area contributed by atoms with Crippen molar-refractivity contribution in [2.75, 3.05) is 5.75 Å². The quantitative estimate of drug-likeness (QED) is 0.215. The van der Waals surface area contributed by atoms with E-state index in [1.807, 2.05) is 36.2 Å². The number of aromatic nitrogens is 3. The lowest BCUT2D eigenvalue weighted by atomic mass is 10.1. The van der Waals surface area contributed by atoms with Crippen molar-refractivity contribution < 1.29 is 0 Å². The third kappa shape index (κ3) is 6.13. The van der Waals surface area contributed by atoms with Gasteiger partial charge in [0.2, 0.25) is 0 Å². The van der Waals surface area contributed by atoms with Gasteiger partial charge in [0.25, 0.3) is 0 Å². The molecular formula is C25H27N3S2. The normalized spacial score (nSPS) is 11.2. The van der Waals surface area contributed by atoms with Crippen LogP contribution >= 0.6 is 23.5 Å². The highest BCUT2D eigenvalue weighted by Crippen LogP contribution is 2.25. The molecule has 0 spiro atoms. The molecule has 0 fully saturated rings. The molecule has 0 radical (unpaired) electrons. The van der Waals surface area contributed by atoms with Crippen molar-refractivity contribution in [2.24, 2.45) is 0 Å². The van der Waals surface area contributed by atoms with E-state index in [0.29, 0.717) is 0 Å². The van der Waals surface area contributed by atoms with Gasteiger partial charge >= 0.3 is 0 Å². The Kier molecular flexibility index (Phi) is 7.49. The van der Waals surface area contributed by atoms with Crippen molar-refractivity contribution in [3.8, 4) is 0 Å². The maximum atomic E-state index is 4.63. The summed E-state index contributed by atoms with van der Waals surface area (Å²) in [5.41, 5.74) is 5.99. The predicted octanol–water partition coefficient (Wildman–Crippen LogP) is 7.06. The van der Waals surface area contributed by atoms with E-state index >= 15 is 0 Å². The summed E-state index contributed by atoms with van der Waals surface area (Å²) < 4.78 is 0. The number of fused-ring (bicyclic) bond motifs is 1. The summed E-state index contributed by atoms with van der Waals surface area (Å²) in [6.45, 7) is 2.14. The Hall–Kier alpha value is -2.24. The van der Waals surface area contributed by atoms with Gasteiger partial charge in [-0.2, -0.15) is 0 Å². The van der Waals surface area contributed by atoms with Crippen molar-refractivity contribution in [1.29, 1.82) is 0 Å². The Morgan fingerprint density at radius 1 is 0.900 bits per heavy atom. The maximum Gasteiger partial charge on any atom is 0.166 e. The van der Waals surface area contributed by atoms with Gasteiger partial charge in [-0.15, -0.1) is 11.8 Å². The molecule has 0 saturated carbocycles. The van der Waals surface area contributed by atoms with Crippen molar-refractivity contribution in [3.63, 3.8) is 0 Å². The largest absolute Gasteiger partial charge is 0.333 e. The van der Waals surface area contributed by atoms with Crippen LogP contribution in [0.15, 0.2) is 76.9 Å². The predicted molar refractivity (Wildman–Crippen MR) is 129 cm³/mol. The zero-order chi connectivity index (χ0) is 20.6. The number of imidazole rings is 1. The first-order chi connectivity index (χ1) is 14.8. The summed E-state index contributed by atoms with van der Waals surface area (Å²) in [5, 5.41) is 0.949. The molecule has 2 heterocycles. The maximum absolute atomic E-state index is 4.63. The second-order valence-electron chi connectivity index (χ2n) is 7.48. The van der Waals surface area contributed by atoms with Gasteiger partial charge in [-0.25, -0.2) is 4.98 Å². The molecule has 30 heavy (non-hydrogen) atoms. The number of rotatable bonds is 10. The number of para-hydroxylation sites is 2. The van der Waals surface area contributed by atoms with E-state index in [-0.39, 0.29) is 0 Å². The molecule has 0 bridgehead atoms. The molecule has 0 aliphatic rings. The van der Waals surface area contributed by atoms with E-state index in [4.69, 9.17) is 0 Å². The summed E-state index contributed by atoms with van der Waals surface area (Å²) in [7, 11) is 0. The van der Waals surface area contributed by atoms with Gasteiger partial charge in [0.1, 0.15) is 0 Å². The summed E-state index contributed by atoms with van der Waals surface area (Å²) >= 11 is 3.64. The van der Waals surface area contributed by atoms with Crippen LogP contribution in [0.2, 0.25) is 0 Å². The Morgan fingerprint density at radius 2 is 1.77 bits per heavy atom. The highest BCUT2D eigenvalue weighted by atomic mass is 32.2. The van der Waals surface area contributed by atoms with E-state index in [1.54, 1.807) is 11.8 Å². The lowest BCUT2D eigenvalue weighted by Crippen LogP contribution is -1.90. The number of unbranched alkanes of at least 4 members (excludes halogenated alkanes) is 2. The van der Waals surface area contributed by atoms with Crippen LogP contribution in [0.25, 0.3) is 11.0 Å². The number of hydrogen-bond acceptors (Lipinski definition) is 4. The van der Waals surface area contributed by atoms with Gasteiger partial charge in [-0.05, 0) is 61.8 Å². The molecule has 0 amide bonds. The summed E-state index contributed by atoms with van der Waals surface area (Å²) in [5.74, 6) is 1.98. The zero-order valence-electron chi connectivity index (χ0n) is 17.3. The fourth-order valence-corrected chi connectivity index (χ4v) is 5.07. The number of pyridine rings is 1. The molecule has 0 atom stereocenters. The molecule has 4 aromatic rings. The minimum atomic E-state index is 0.824. The lowest BCUT2D eigenvalue weighted by Gasteiger charge is -2.05. The minimum absolute atomic E-state index is 0.824. The summed E-state index contributed by atoms with van der Waals surface area (Å²) in [6.07, 6.45) is 6.90. The van der Waals surface area contributed by atoms with Gasteiger partial charge in [0, 0.05) is 16.8 Å². The first kappa shape index (κ1) is 21.0. The molecule has 2 aromatic carbocycles. The van der Waals surface area contributed by atoms with Crippen molar-refractivity contribution in [2.45, 2.75) is 48.4 Å². The molecule has 154 valence electrons. The van der Waals surface area contributed by atoms with Crippen molar-refractivity contribution >= 4 is 34.6 Å². The van der Waals surface area contributed by atoms with Gasteiger partial charge < -0.3 is 4.98 Å². The number of benzene rings is 2. The topological polar surface area (TPSA) is 41.6 Å². The van der Waals surface area contributed by atoms with E-state index in [1.165, 1.54) is 41.7 Å². The molecule has 2 aromatic heterocycles. The van der Waals surface area contributed by atoms with Crippen LogP contribution in [0.1, 0.15) is 36.1 Å². The SMILES string of the molecule is Cc1ccc(CCCCCSc2ccnc(CSc3nc4ccccc4[nH]3)c2)cc1. The molecule has 5 heteroatoms. The van der Waals surface area contributed by atoms with Gasteiger partial charge in [0.05, 0.1) is 16.7 Å². The monoisotopic (exact) mass is 433 g/mol. The van der Waals surface area contributed by atoms with Crippen LogP contribution in [0.3, 0.4) is 0 Å². The number of aryl methyl sites for hydroxylation is 2. The zero-order valence-corrected chi connectivity index (χ0v) is 18.9. The number of nitrogens with zero attached hydrogens (tertiary/aromatic N) is 2. The second-order valence-corrected chi connectivity index (χ2v) is 9.61. The van der Waals surface area contributed by atoms with Gasteiger partial charge in [-0.1, -0.05) is 60.1 Å². The molecule has 0 aliphatic carbocycles. The molecule has 0 unspecified atom stereocenters. The molecule has 1 N–H and O–H groups in total. The standard InChI is InChI=1S/C25H27N3S2/c1-19-10-12-20(13-11-19)7-3-2-6-16-29-22-14-15-26-21(17-22)18-30-25-27-23-8-4-5-9-24(23)28-25/h4-5,8-15,17H,2-3,6-7,16,18H2,1H3,(H,27,28). The number of aromatic amines is 1. The molecule has 0 aliphatic heterocycles. The summed E-state index contributed by atoms with van der Waals surface area (Å²) in [6, 6.07) is 21.4. The highest BCUT2D eigenvalue weighted by Gasteiger charge is 2.05.